The third kappa shape index (κ3) is 1.62. The number of pyridine rings is 1. The first kappa shape index (κ1) is 12.2. The minimum Gasteiger partial charge on any atom is -0.341 e. The quantitative estimate of drug-likeness (QED) is 0.747. The lowest BCUT2D eigenvalue weighted by Gasteiger charge is -2.42. The van der Waals surface area contributed by atoms with E-state index < -0.39 is 0 Å². The summed E-state index contributed by atoms with van der Waals surface area (Å²) in [6, 6.07) is 3.88. The minimum atomic E-state index is -0.0678. The standard InChI is InChI=1S/C14H17BrN2O/c1-8-10-4-5-11(15)16-13(10)17(9(2)12(8)18)14(3)6-7-14/h4-5,8-9H,6-7H2,1-3H3. The molecule has 1 aliphatic carbocycles. The van der Waals surface area contributed by atoms with Gasteiger partial charge >= 0.3 is 0 Å². The van der Waals surface area contributed by atoms with Crippen LogP contribution in [-0.4, -0.2) is 22.3 Å². The largest absolute Gasteiger partial charge is 0.341 e. The molecule has 0 spiro atoms. The first-order chi connectivity index (χ1) is 8.44. The average molecular weight is 309 g/mol. The van der Waals surface area contributed by atoms with Gasteiger partial charge in [-0.15, -0.1) is 0 Å². The van der Waals surface area contributed by atoms with Crippen LogP contribution in [-0.2, 0) is 4.79 Å². The lowest BCUT2D eigenvalue weighted by Crippen LogP contribution is -2.51. The highest BCUT2D eigenvalue weighted by Gasteiger charge is 2.50. The van der Waals surface area contributed by atoms with Crippen molar-refractivity contribution in [3.63, 3.8) is 0 Å². The van der Waals surface area contributed by atoms with E-state index in [-0.39, 0.29) is 17.5 Å². The molecule has 0 saturated heterocycles. The van der Waals surface area contributed by atoms with Crippen molar-refractivity contribution in [2.24, 2.45) is 0 Å². The normalized spacial score (nSPS) is 29.1. The Bertz CT molecular complexity index is 525. The number of anilines is 1. The van der Waals surface area contributed by atoms with Crippen LogP contribution in [0.15, 0.2) is 16.7 Å². The summed E-state index contributed by atoms with van der Waals surface area (Å²) >= 11 is 3.44. The van der Waals surface area contributed by atoms with E-state index in [0.717, 1.165) is 28.8 Å². The van der Waals surface area contributed by atoms with E-state index >= 15 is 0 Å². The van der Waals surface area contributed by atoms with Crippen LogP contribution in [0.1, 0.15) is 45.1 Å². The number of carbonyl (C=O) groups is 1. The molecule has 3 rings (SSSR count). The summed E-state index contributed by atoms with van der Waals surface area (Å²) in [7, 11) is 0. The third-order valence-electron chi connectivity index (χ3n) is 4.35. The van der Waals surface area contributed by atoms with Crippen LogP contribution in [0, 0.1) is 0 Å². The van der Waals surface area contributed by atoms with Crippen molar-refractivity contribution in [3.8, 4) is 0 Å². The van der Waals surface area contributed by atoms with E-state index in [1.807, 2.05) is 26.0 Å². The van der Waals surface area contributed by atoms with E-state index in [0.29, 0.717) is 5.78 Å². The van der Waals surface area contributed by atoms with Gasteiger partial charge in [-0.1, -0.05) is 13.0 Å². The molecule has 0 radical (unpaired) electrons. The van der Waals surface area contributed by atoms with E-state index in [1.54, 1.807) is 0 Å². The number of hydrogen-bond acceptors (Lipinski definition) is 3. The van der Waals surface area contributed by atoms with Gasteiger partial charge in [0.15, 0.2) is 5.78 Å². The molecule has 0 N–H and O–H groups in total. The first-order valence-corrected chi connectivity index (χ1v) is 7.23. The van der Waals surface area contributed by atoms with E-state index in [9.17, 15) is 4.79 Å². The molecular formula is C14H17BrN2O. The molecule has 2 unspecified atom stereocenters. The topological polar surface area (TPSA) is 33.2 Å². The predicted octanol–water partition coefficient (Wildman–Crippen LogP) is 3.28. The van der Waals surface area contributed by atoms with Gasteiger partial charge in [0.25, 0.3) is 0 Å². The summed E-state index contributed by atoms with van der Waals surface area (Å²) in [4.78, 5) is 19.2. The molecule has 1 saturated carbocycles. The summed E-state index contributed by atoms with van der Waals surface area (Å²) < 4.78 is 0.837. The Hall–Kier alpha value is -0.900. The summed E-state index contributed by atoms with van der Waals surface area (Å²) in [5.41, 5.74) is 1.19. The SMILES string of the molecule is CC1C(=O)C(C)N(C2(C)CC2)c2nc(Br)ccc21. The lowest BCUT2D eigenvalue weighted by atomic mass is 9.87. The molecule has 18 heavy (non-hydrogen) atoms. The average Bonchev–Trinajstić information content (AvgIpc) is 3.05. The van der Waals surface area contributed by atoms with Crippen LogP contribution in [0.3, 0.4) is 0 Å². The van der Waals surface area contributed by atoms with Gasteiger partial charge in [-0.2, -0.15) is 0 Å². The molecule has 1 aliphatic heterocycles. The maximum absolute atomic E-state index is 12.4. The van der Waals surface area contributed by atoms with Gasteiger partial charge in [-0.05, 0) is 48.7 Å². The van der Waals surface area contributed by atoms with E-state index in [2.05, 4.69) is 32.7 Å². The number of Topliss-reactive ketones (excluding diaryl/α,β-unsaturated/α-hetero) is 1. The Labute approximate surface area is 116 Å². The van der Waals surface area contributed by atoms with Crippen LogP contribution < -0.4 is 4.90 Å². The zero-order valence-corrected chi connectivity index (χ0v) is 12.5. The molecule has 1 fully saturated rings. The Kier molecular flexibility index (Phi) is 2.56. The first-order valence-electron chi connectivity index (χ1n) is 6.43. The van der Waals surface area contributed by atoms with Crippen molar-refractivity contribution < 1.29 is 4.79 Å². The molecule has 0 amide bonds. The maximum atomic E-state index is 12.4. The Balaban J connectivity index is 2.18. The van der Waals surface area contributed by atoms with Gasteiger partial charge < -0.3 is 4.90 Å². The van der Waals surface area contributed by atoms with E-state index in [4.69, 9.17) is 0 Å². The van der Waals surface area contributed by atoms with Gasteiger partial charge in [0.05, 0.1) is 6.04 Å². The van der Waals surface area contributed by atoms with Crippen molar-refractivity contribution in [2.45, 2.75) is 51.1 Å². The minimum absolute atomic E-state index is 0.0470. The van der Waals surface area contributed by atoms with Crippen LogP contribution in [0.4, 0.5) is 5.82 Å². The number of carbonyl (C=O) groups excluding carboxylic acids is 1. The molecule has 96 valence electrons. The second-order valence-electron chi connectivity index (χ2n) is 5.71. The van der Waals surface area contributed by atoms with Crippen molar-refractivity contribution in [2.75, 3.05) is 4.90 Å². The zero-order chi connectivity index (χ0) is 13.1. The van der Waals surface area contributed by atoms with Crippen LogP contribution >= 0.6 is 15.9 Å². The number of fused-ring (bicyclic) bond motifs is 1. The second kappa shape index (κ2) is 3.80. The molecule has 2 aliphatic rings. The third-order valence-corrected chi connectivity index (χ3v) is 4.79. The fourth-order valence-electron chi connectivity index (χ4n) is 2.94. The van der Waals surface area contributed by atoms with Crippen molar-refractivity contribution in [1.82, 2.24) is 4.98 Å². The number of halogens is 1. The zero-order valence-electron chi connectivity index (χ0n) is 10.9. The fraction of sp³-hybridized carbons (Fsp3) is 0.571. The van der Waals surface area contributed by atoms with Crippen LogP contribution in [0.2, 0.25) is 0 Å². The van der Waals surface area contributed by atoms with Crippen LogP contribution in [0.5, 0.6) is 0 Å². The summed E-state index contributed by atoms with van der Waals surface area (Å²) in [6.45, 7) is 6.22. The summed E-state index contributed by atoms with van der Waals surface area (Å²) in [5, 5.41) is 0. The highest BCUT2D eigenvalue weighted by atomic mass is 79.9. The highest BCUT2D eigenvalue weighted by molar-refractivity contribution is 9.10. The molecule has 0 aromatic carbocycles. The van der Waals surface area contributed by atoms with Crippen molar-refractivity contribution in [3.05, 3.63) is 22.3 Å². The molecule has 0 bridgehead atoms. The highest BCUT2D eigenvalue weighted by Crippen LogP contribution is 2.49. The Morgan fingerprint density at radius 1 is 1.39 bits per heavy atom. The van der Waals surface area contributed by atoms with Gasteiger partial charge in [-0.3, -0.25) is 4.79 Å². The molecule has 3 nitrogen and oxygen atoms in total. The van der Waals surface area contributed by atoms with Crippen molar-refractivity contribution in [1.29, 1.82) is 0 Å². The Morgan fingerprint density at radius 3 is 2.67 bits per heavy atom. The predicted molar refractivity (Wildman–Crippen MR) is 74.9 cm³/mol. The second-order valence-corrected chi connectivity index (χ2v) is 6.53. The molecular weight excluding hydrogens is 292 g/mol. The van der Waals surface area contributed by atoms with Gasteiger partial charge in [0.1, 0.15) is 10.4 Å². The van der Waals surface area contributed by atoms with Crippen molar-refractivity contribution >= 4 is 27.5 Å². The van der Waals surface area contributed by atoms with Crippen LogP contribution in [0.25, 0.3) is 0 Å². The number of aromatic nitrogens is 1. The molecule has 1 aromatic heterocycles. The van der Waals surface area contributed by atoms with Gasteiger partial charge in [0, 0.05) is 17.0 Å². The smallest absolute Gasteiger partial charge is 0.162 e. The monoisotopic (exact) mass is 308 g/mol. The fourth-order valence-corrected chi connectivity index (χ4v) is 3.24. The molecule has 2 atom stereocenters. The molecule has 2 heterocycles. The summed E-state index contributed by atoms with van der Waals surface area (Å²) in [6.07, 6.45) is 2.29. The maximum Gasteiger partial charge on any atom is 0.162 e. The number of nitrogens with zero attached hydrogens (tertiary/aromatic N) is 2. The van der Waals surface area contributed by atoms with Gasteiger partial charge in [-0.25, -0.2) is 4.98 Å². The lowest BCUT2D eigenvalue weighted by molar-refractivity contribution is -0.121. The number of rotatable bonds is 1. The number of ketones is 1. The molecule has 4 heteroatoms. The number of hydrogen-bond donors (Lipinski definition) is 0. The molecule has 1 aromatic rings. The van der Waals surface area contributed by atoms with E-state index in [1.165, 1.54) is 0 Å². The summed E-state index contributed by atoms with van der Waals surface area (Å²) in [5.74, 6) is 1.25. The Morgan fingerprint density at radius 2 is 2.06 bits per heavy atom. The van der Waals surface area contributed by atoms with Gasteiger partial charge in [0.2, 0.25) is 0 Å².